The Morgan fingerprint density at radius 2 is 1.86 bits per heavy atom. The predicted molar refractivity (Wildman–Crippen MR) is 68.9 cm³/mol. The van der Waals surface area contributed by atoms with Crippen LogP contribution in [0.15, 0.2) is 24.3 Å². The first kappa shape index (κ1) is 13.2. The van der Waals surface area contributed by atoms with Crippen molar-refractivity contribution >= 4 is 29.2 Å². The highest BCUT2D eigenvalue weighted by Gasteiger charge is 2.46. The Bertz CT molecular complexity index is 668. The molecule has 0 spiro atoms. The highest BCUT2D eigenvalue weighted by atomic mass is 16.6. The normalized spacial score (nSPS) is 19.1. The number of benzene rings is 1. The predicted octanol–water partition coefficient (Wildman–Crippen LogP) is 1.33. The van der Waals surface area contributed by atoms with Crippen LogP contribution in [0.4, 0.5) is 16.2 Å². The van der Waals surface area contributed by atoms with Gasteiger partial charge < -0.3 is 0 Å². The summed E-state index contributed by atoms with van der Waals surface area (Å²) in [5.41, 5.74) is 0.0403. The standard InChI is InChI=1S/C13H12N3O5/c17-11-7-12(18)15(13(19)14(11)8-4-5-8)9-2-1-3-10(6-9)16(20)21/h1-3,6,8H,4-5,7H2,(H,20,21)/q+1. The van der Waals surface area contributed by atoms with Gasteiger partial charge in [0.1, 0.15) is 6.42 Å². The zero-order chi connectivity index (χ0) is 15.1. The minimum atomic E-state index is -0.703. The number of hydrogen-bond acceptors (Lipinski definition) is 4. The molecule has 1 aliphatic heterocycles. The van der Waals surface area contributed by atoms with E-state index in [-0.39, 0.29) is 28.8 Å². The first-order chi connectivity index (χ1) is 9.99. The van der Waals surface area contributed by atoms with Crippen molar-refractivity contribution in [2.45, 2.75) is 25.3 Å². The average Bonchev–Trinajstić information content (AvgIpc) is 3.23. The Balaban J connectivity index is 1.97. The summed E-state index contributed by atoms with van der Waals surface area (Å²) in [5.74, 6) is -1.14. The number of rotatable bonds is 3. The van der Waals surface area contributed by atoms with Crippen LogP contribution in [0.3, 0.4) is 0 Å². The van der Waals surface area contributed by atoms with Gasteiger partial charge in [0.15, 0.2) is 0 Å². The zero-order valence-corrected chi connectivity index (χ0v) is 10.9. The number of amides is 4. The van der Waals surface area contributed by atoms with Gasteiger partial charge in [-0.25, -0.2) is 14.9 Å². The number of barbiturate groups is 1. The highest BCUT2D eigenvalue weighted by molar-refractivity contribution is 6.26. The summed E-state index contributed by atoms with van der Waals surface area (Å²) in [6.45, 7) is 0. The van der Waals surface area contributed by atoms with E-state index in [1.165, 1.54) is 24.3 Å². The Kier molecular flexibility index (Phi) is 2.93. The van der Waals surface area contributed by atoms with Gasteiger partial charge >= 0.3 is 11.7 Å². The number of hydrogen-bond donors (Lipinski definition) is 1. The van der Waals surface area contributed by atoms with Gasteiger partial charge in [-0.15, -0.1) is 0 Å². The van der Waals surface area contributed by atoms with Gasteiger partial charge in [0.25, 0.3) is 4.92 Å². The molecule has 8 nitrogen and oxygen atoms in total. The van der Waals surface area contributed by atoms with Crippen LogP contribution in [0.1, 0.15) is 19.3 Å². The molecule has 0 atom stereocenters. The highest BCUT2D eigenvalue weighted by Crippen LogP contribution is 2.33. The lowest BCUT2D eigenvalue weighted by atomic mass is 10.2. The third kappa shape index (κ3) is 2.24. The molecule has 4 amide bonds. The summed E-state index contributed by atoms with van der Waals surface area (Å²) in [5, 5.41) is 8.90. The third-order valence-corrected chi connectivity index (χ3v) is 3.44. The van der Waals surface area contributed by atoms with E-state index < -0.39 is 17.8 Å². The minimum Gasteiger partial charge on any atom is -0.274 e. The molecular formula is C13H12N3O5+. The van der Waals surface area contributed by atoms with Crippen molar-refractivity contribution < 1.29 is 24.5 Å². The quantitative estimate of drug-likeness (QED) is 0.669. The van der Waals surface area contributed by atoms with Crippen molar-refractivity contribution in [2.24, 2.45) is 0 Å². The van der Waals surface area contributed by atoms with E-state index in [9.17, 15) is 19.3 Å². The molecule has 2 fully saturated rings. The van der Waals surface area contributed by atoms with Crippen molar-refractivity contribution in [2.75, 3.05) is 4.90 Å². The number of carbonyl (C=O) groups excluding carboxylic acids is 3. The number of carbonyl (C=O) groups is 3. The van der Waals surface area contributed by atoms with Crippen LogP contribution in [0.5, 0.6) is 0 Å². The molecule has 108 valence electrons. The first-order valence-corrected chi connectivity index (χ1v) is 6.44. The number of urea groups is 1. The molecule has 0 bridgehead atoms. The van der Waals surface area contributed by atoms with Gasteiger partial charge in [-0.05, 0) is 18.9 Å². The molecule has 0 radical (unpaired) electrons. The average molecular weight is 290 g/mol. The molecule has 1 saturated carbocycles. The van der Waals surface area contributed by atoms with Crippen molar-refractivity contribution in [3.05, 3.63) is 29.2 Å². The summed E-state index contributed by atoms with van der Waals surface area (Å²) < 4.78 is 0. The molecule has 0 unspecified atom stereocenters. The molecule has 1 saturated heterocycles. The number of nitrogens with zero attached hydrogens (tertiary/aromatic N) is 3. The van der Waals surface area contributed by atoms with Crippen molar-refractivity contribution in [3.8, 4) is 0 Å². The Labute approximate surface area is 119 Å². The van der Waals surface area contributed by atoms with Crippen LogP contribution in [0.2, 0.25) is 0 Å². The molecule has 1 aliphatic carbocycles. The fourth-order valence-corrected chi connectivity index (χ4v) is 2.31. The van der Waals surface area contributed by atoms with Crippen molar-refractivity contribution in [1.29, 1.82) is 0 Å². The van der Waals surface area contributed by atoms with Crippen molar-refractivity contribution in [1.82, 2.24) is 4.90 Å². The van der Waals surface area contributed by atoms with E-state index in [1.54, 1.807) is 0 Å². The van der Waals surface area contributed by atoms with E-state index in [2.05, 4.69) is 0 Å². The molecule has 1 heterocycles. The monoisotopic (exact) mass is 290 g/mol. The molecule has 3 rings (SSSR count). The van der Waals surface area contributed by atoms with E-state index in [0.717, 1.165) is 22.6 Å². The molecule has 8 heteroatoms. The molecule has 2 aliphatic rings. The van der Waals surface area contributed by atoms with Crippen LogP contribution in [-0.4, -0.2) is 38.9 Å². The number of imide groups is 2. The van der Waals surface area contributed by atoms with E-state index in [4.69, 9.17) is 5.21 Å². The van der Waals surface area contributed by atoms with E-state index in [1.807, 2.05) is 0 Å². The van der Waals surface area contributed by atoms with Gasteiger partial charge in [-0.2, -0.15) is 0 Å². The Hall–Kier alpha value is -2.77. The number of anilines is 1. The smallest absolute Gasteiger partial charge is 0.274 e. The van der Waals surface area contributed by atoms with Gasteiger partial charge in [0.2, 0.25) is 11.8 Å². The summed E-state index contributed by atoms with van der Waals surface area (Å²) in [7, 11) is 0. The largest absolute Gasteiger partial charge is 0.338 e. The van der Waals surface area contributed by atoms with Gasteiger partial charge in [-0.3, -0.25) is 14.5 Å². The van der Waals surface area contributed by atoms with Gasteiger partial charge in [-0.1, -0.05) is 6.07 Å². The third-order valence-electron chi connectivity index (χ3n) is 3.44. The lowest BCUT2D eigenvalue weighted by Crippen LogP contribution is -2.56. The second-order valence-electron chi connectivity index (χ2n) is 4.98. The van der Waals surface area contributed by atoms with Gasteiger partial charge in [0, 0.05) is 18.2 Å². The van der Waals surface area contributed by atoms with Gasteiger partial charge in [0.05, 0.1) is 10.6 Å². The van der Waals surface area contributed by atoms with Crippen LogP contribution >= 0.6 is 0 Å². The fraction of sp³-hybridized carbons (Fsp3) is 0.308. The van der Waals surface area contributed by atoms with Crippen molar-refractivity contribution in [3.63, 3.8) is 0 Å². The molecule has 1 aromatic rings. The first-order valence-electron chi connectivity index (χ1n) is 6.44. The summed E-state index contributed by atoms with van der Waals surface area (Å²) in [6, 6.07) is 4.60. The van der Waals surface area contributed by atoms with Crippen LogP contribution in [0, 0.1) is 4.91 Å². The summed E-state index contributed by atoms with van der Waals surface area (Å²) in [6.07, 6.45) is 1.10. The maximum absolute atomic E-state index is 12.4. The molecule has 1 N–H and O–H groups in total. The van der Waals surface area contributed by atoms with Crippen LogP contribution in [-0.2, 0) is 9.59 Å². The summed E-state index contributed by atoms with van der Waals surface area (Å²) >= 11 is 0. The Morgan fingerprint density at radius 1 is 1.14 bits per heavy atom. The van der Waals surface area contributed by atoms with E-state index in [0.29, 0.717) is 0 Å². The fourth-order valence-electron chi connectivity index (χ4n) is 2.31. The van der Waals surface area contributed by atoms with Crippen LogP contribution < -0.4 is 4.90 Å². The second kappa shape index (κ2) is 4.65. The maximum atomic E-state index is 12.4. The maximum Gasteiger partial charge on any atom is 0.338 e. The molecular weight excluding hydrogens is 278 g/mol. The minimum absolute atomic E-state index is 0.108. The molecule has 1 aromatic carbocycles. The van der Waals surface area contributed by atoms with E-state index >= 15 is 0 Å². The Morgan fingerprint density at radius 3 is 2.48 bits per heavy atom. The zero-order valence-electron chi connectivity index (χ0n) is 10.9. The second-order valence-corrected chi connectivity index (χ2v) is 4.98. The SMILES string of the molecule is O=C1CC(=O)N(C2CC2)C(=O)N1c1cccc([N+](=O)O)c1. The molecule has 0 aromatic heterocycles. The lowest BCUT2D eigenvalue weighted by Gasteiger charge is -2.32. The van der Waals surface area contributed by atoms with Crippen LogP contribution in [0.25, 0.3) is 0 Å². The summed E-state index contributed by atoms with van der Waals surface area (Å²) in [4.78, 5) is 48.7. The lowest BCUT2D eigenvalue weighted by molar-refractivity contribution is -0.729. The topological polar surface area (TPSA) is 98.0 Å². The molecule has 21 heavy (non-hydrogen) atoms.